The molecule has 0 spiro atoms. The molecule has 23 heavy (non-hydrogen) atoms. The van der Waals surface area contributed by atoms with Gasteiger partial charge in [-0.2, -0.15) is 0 Å². The number of ether oxygens (including phenoxy) is 1. The van der Waals surface area contributed by atoms with Gasteiger partial charge in [0.25, 0.3) is 5.91 Å². The summed E-state index contributed by atoms with van der Waals surface area (Å²) in [6.45, 7) is 2.73. The molecule has 2 atom stereocenters. The highest BCUT2D eigenvalue weighted by Crippen LogP contribution is 2.24. The van der Waals surface area contributed by atoms with Crippen LogP contribution >= 0.6 is 0 Å². The SMILES string of the molecule is CO[C@@H]1C[C@@H](CO)N(C(=O)c2ccc(N3CCCCC3)cc2)C1. The molecule has 3 rings (SSSR count). The number of aliphatic hydroxyl groups excluding tert-OH is 1. The molecular weight excluding hydrogens is 292 g/mol. The third-order valence-corrected chi connectivity index (χ3v) is 5.02. The van der Waals surface area contributed by atoms with Crippen molar-refractivity contribution in [3.05, 3.63) is 29.8 Å². The Bertz CT molecular complexity index is 526. The fourth-order valence-electron chi connectivity index (χ4n) is 3.60. The molecule has 0 unspecified atom stereocenters. The van der Waals surface area contributed by atoms with Gasteiger partial charge in [0.1, 0.15) is 0 Å². The number of nitrogens with zero attached hydrogens (tertiary/aromatic N) is 2. The summed E-state index contributed by atoms with van der Waals surface area (Å²) < 4.78 is 5.35. The van der Waals surface area contributed by atoms with Crippen molar-refractivity contribution >= 4 is 11.6 Å². The molecule has 0 saturated carbocycles. The number of anilines is 1. The summed E-state index contributed by atoms with van der Waals surface area (Å²) in [5.74, 6) is -0.0196. The minimum absolute atomic E-state index is 0.0164. The van der Waals surface area contributed by atoms with Gasteiger partial charge in [-0.3, -0.25) is 4.79 Å². The Hall–Kier alpha value is -1.59. The van der Waals surface area contributed by atoms with Crippen LogP contribution in [0.3, 0.4) is 0 Å². The van der Waals surface area contributed by atoms with Crippen molar-refractivity contribution in [2.75, 3.05) is 38.3 Å². The van der Waals surface area contributed by atoms with Gasteiger partial charge in [0.05, 0.1) is 18.8 Å². The number of benzene rings is 1. The van der Waals surface area contributed by atoms with Crippen molar-refractivity contribution < 1.29 is 14.6 Å². The van der Waals surface area contributed by atoms with Gasteiger partial charge in [0, 0.05) is 38.0 Å². The first-order chi connectivity index (χ1) is 11.2. The third kappa shape index (κ3) is 3.51. The zero-order valence-electron chi connectivity index (χ0n) is 13.8. The zero-order valence-corrected chi connectivity index (χ0v) is 13.8. The Labute approximate surface area is 137 Å². The lowest BCUT2D eigenvalue weighted by Gasteiger charge is -2.29. The molecule has 2 heterocycles. The lowest BCUT2D eigenvalue weighted by Crippen LogP contribution is -2.38. The summed E-state index contributed by atoms with van der Waals surface area (Å²) in [6, 6.07) is 7.74. The van der Waals surface area contributed by atoms with E-state index >= 15 is 0 Å². The first kappa shape index (κ1) is 16.3. The molecule has 5 heteroatoms. The summed E-state index contributed by atoms with van der Waals surface area (Å²) >= 11 is 0. The Morgan fingerprint density at radius 2 is 1.91 bits per heavy atom. The van der Waals surface area contributed by atoms with Crippen molar-refractivity contribution in [2.24, 2.45) is 0 Å². The van der Waals surface area contributed by atoms with Gasteiger partial charge in [-0.05, 0) is 49.9 Å². The van der Waals surface area contributed by atoms with E-state index < -0.39 is 0 Å². The Morgan fingerprint density at radius 3 is 2.52 bits per heavy atom. The van der Waals surface area contributed by atoms with Crippen molar-refractivity contribution in [1.82, 2.24) is 4.90 Å². The fraction of sp³-hybridized carbons (Fsp3) is 0.611. The highest BCUT2D eigenvalue weighted by molar-refractivity contribution is 5.95. The highest BCUT2D eigenvalue weighted by Gasteiger charge is 2.35. The van der Waals surface area contributed by atoms with Crippen LogP contribution in [0.25, 0.3) is 0 Å². The lowest BCUT2D eigenvalue weighted by atomic mass is 10.1. The first-order valence-electron chi connectivity index (χ1n) is 8.52. The van der Waals surface area contributed by atoms with Crippen molar-refractivity contribution in [3.63, 3.8) is 0 Å². The van der Waals surface area contributed by atoms with E-state index in [9.17, 15) is 9.90 Å². The second-order valence-electron chi connectivity index (χ2n) is 6.48. The molecule has 2 saturated heterocycles. The Kier molecular flexibility index (Phi) is 5.18. The van der Waals surface area contributed by atoms with Crippen molar-refractivity contribution in [2.45, 2.75) is 37.8 Å². The molecular formula is C18H26N2O3. The van der Waals surface area contributed by atoms with Gasteiger partial charge in [0.15, 0.2) is 0 Å². The van der Waals surface area contributed by atoms with Crippen LogP contribution in [0, 0.1) is 0 Å². The van der Waals surface area contributed by atoms with Crippen molar-refractivity contribution in [3.8, 4) is 0 Å². The number of aliphatic hydroxyl groups is 1. The van der Waals surface area contributed by atoms with Crippen LogP contribution < -0.4 is 4.90 Å². The van der Waals surface area contributed by atoms with Crippen LogP contribution in [0.5, 0.6) is 0 Å². The maximum Gasteiger partial charge on any atom is 0.254 e. The number of carbonyl (C=O) groups is 1. The number of hydrogen-bond donors (Lipinski definition) is 1. The van der Waals surface area contributed by atoms with E-state index in [1.54, 1.807) is 12.0 Å². The van der Waals surface area contributed by atoms with Gasteiger partial charge in [0.2, 0.25) is 0 Å². The van der Waals surface area contributed by atoms with Crippen molar-refractivity contribution in [1.29, 1.82) is 0 Å². The van der Waals surface area contributed by atoms with Gasteiger partial charge in [-0.1, -0.05) is 0 Å². The Balaban J connectivity index is 1.69. The zero-order chi connectivity index (χ0) is 16.2. The van der Waals surface area contributed by atoms with Crippen LogP contribution in [0.2, 0.25) is 0 Å². The van der Waals surface area contributed by atoms with Gasteiger partial charge >= 0.3 is 0 Å². The molecule has 1 aromatic carbocycles. The smallest absolute Gasteiger partial charge is 0.254 e. The minimum Gasteiger partial charge on any atom is -0.394 e. The summed E-state index contributed by atoms with van der Waals surface area (Å²) in [4.78, 5) is 16.8. The third-order valence-electron chi connectivity index (χ3n) is 5.02. The van der Waals surface area contributed by atoms with Crippen LogP contribution in [-0.2, 0) is 4.74 Å². The number of carbonyl (C=O) groups excluding carboxylic acids is 1. The average molecular weight is 318 g/mol. The van der Waals surface area contributed by atoms with E-state index in [0.717, 1.165) is 13.1 Å². The molecule has 5 nitrogen and oxygen atoms in total. The predicted molar refractivity (Wildman–Crippen MR) is 89.8 cm³/mol. The van der Waals surface area contributed by atoms with Gasteiger partial charge < -0.3 is 19.6 Å². The minimum atomic E-state index is -0.144. The maximum absolute atomic E-state index is 12.7. The summed E-state index contributed by atoms with van der Waals surface area (Å²) in [5, 5.41) is 9.50. The molecule has 1 N–H and O–H groups in total. The average Bonchev–Trinajstić information content (AvgIpc) is 3.05. The molecule has 126 valence electrons. The normalized spacial score (nSPS) is 25.0. The van der Waals surface area contributed by atoms with E-state index in [0.29, 0.717) is 18.5 Å². The van der Waals surface area contributed by atoms with E-state index in [4.69, 9.17) is 4.74 Å². The van der Waals surface area contributed by atoms with E-state index in [2.05, 4.69) is 4.90 Å². The summed E-state index contributed by atoms with van der Waals surface area (Å²) in [6.07, 6.45) is 4.51. The molecule has 0 bridgehead atoms. The summed E-state index contributed by atoms with van der Waals surface area (Å²) in [5.41, 5.74) is 1.87. The number of piperidine rings is 1. The van der Waals surface area contributed by atoms with Crippen LogP contribution in [0.4, 0.5) is 5.69 Å². The second-order valence-corrected chi connectivity index (χ2v) is 6.48. The van der Waals surface area contributed by atoms with Crippen LogP contribution in [-0.4, -0.2) is 61.4 Å². The number of hydrogen-bond acceptors (Lipinski definition) is 4. The highest BCUT2D eigenvalue weighted by atomic mass is 16.5. The largest absolute Gasteiger partial charge is 0.394 e. The second kappa shape index (κ2) is 7.32. The molecule has 0 aromatic heterocycles. The Morgan fingerprint density at radius 1 is 1.22 bits per heavy atom. The number of rotatable bonds is 4. The van der Waals surface area contributed by atoms with E-state index in [1.807, 2.05) is 24.3 Å². The maximum atomic E-state index is 12.7. The quantitative estimate of drug-likeness (QED) is 0.921. The predicted octanol–water partition coefficient (Wildman–Crippen LogP) is 1.90. The fourth-order valence-corrected chi connectivity index (χ4v) is 3.60. The first-order valence-corrected chi connectivity index (χ1v) is 8.52. The molecule has 0 radical (unpaired) electrons. The molecule has 1 amide bonds. The monoisotopic (exact) mass is 318 g/mol. The van der Waals surface area contributed by atoms with Gasteiger partial charge in [-0.15, -0.1) is 0 Å². The number of likely N-dealkylation sites (tertiary alicyclic amines) is 1. The van der Waals surface area contributed by atoms with E-state index in [-0.39, 0.29) is 24.7 Å². The molecule has 1 aromatic rings. The number of methoxy groups -OCH3 is 1. The van der Waals surface area contributed by atoms with Crippen LogP contribution in [0.15, 0.2) is 24.3 Å². The number of amides is 1. The molecule has 0 aliphatic carbocycles. The van der Waals surface area contributed by atoms with Crippen LogP contribution in [0.1, 0.15) is 36.0 Å². The van der Waals surface area contributed by atoms with Gasteiger partial charge in [-0.25, -0.2) is 0 Å². The molecule has 2 aliphatic heterocycles. The topological polar surface area (TPSA) is 53.0 Å². The molecule has 2 aliphatic rings. The lowest BCUT2D eigenvalue weighted by molar-refractivity contribution is 0.0648. The standard InChI is InChI=1S/C18H26N2O3/c1-23-17-11-16(13-21)20(12-17)18(22)14-5-7-15(8-6-14)19-9-3-2-4-10-19/h5-8,16-17,21H,2-4,9-13H2,1H3/t16-,17+/m0/s1. The van der Waals surface area contributed by atoms with E-state index in [1.165, 1.54) is 24.9 Å². The summed E-state index contributed by atoms with van der Waals surface area (Å²) in [7, 11) is 1.65. The molecule has 2 fully saturated rings.